The standard InChI is InChI=1S/C27H39NO6Si/c1-27(2,3)35(22-12-8-6-9-13-22,23-14-10-7-11-15-23)33-18-21-16-24-26(32-20-30-5)25(31-19-29-4)17-28(24)34-21/h6-15,21,24-26H,16-20H2,1-5H3/t21-,24-,25-,26-/m0/s1. The van der Waals surface area contributed by atoms with E-state index in [0.717, 1.165) is 6.42 Å². The van der Waals surface area contributed by atoms with E-state index in [4.69, 9.17) is 28.2 Å². The molecular formula is C27H39NO6Si. The molecule has 4 atom stereocenters. The number of hydroxylamine groups is 2. The maximum absolute atomic E-state index is 7.09. The fourth-order valence-electron chi connectivity index (χ4n) is 5.45. The van der Waals surface area contributed by atoms with Gasteiger partial charge in [-0.05, 0) is 21.8 Å². The molecule has 8 heteroatoms. The van der Waals surface area contributed by atoms with Crippen LogP contribution in [-0.2, 0) is 28.2 Å². The van der Waals surface area contributed by atoms with Gasteiger partial charge in [0.25, 0.3) is 8.32 Å². The molecule has 2 aliphatic heterocycles. The molecule has 0 N–H and O–H groups in total. The number of nitrogens with zero attached hydrogens (tertiary/aromatic N) is 1. The Morgan fingerprint density at radius 3 is 2.00 bits per heavy atom. The van der Waals surface area contributed by atoms with E-state index in [1.54, 1.807) is 14.2 Å². The molecule has 192 valence electrons. The predicted molar refractivity (Wildman–Crippen MR) is 137 cm³/mol. The molecule has 4 rings (SSSR count). The molecule has 2 aromatic rings. The Morgan fingerprint density at radius 2 is 1.46 bits per heavy atom. The Bertz CT molecular complexity index is 869. The van der Waals surface area contributed by atoms with Crippen molar-refractivity contribution in [1.82, 2.24) is 5.06 Å². The first-order valence-electron chi connectivity index (χ1n) is 12.3. The molecule has 0 aromatic heterocycles. The van der Waals surface area contributed by atoms with Gasteiger partial charge in [-0.2, -0.15) is 5.06 Å². The van der Waals surface area contributed by atoms with Crippen molar-refractivity contribution in [3.05, 3.63) is 60.7 Å². The van der Waals surface area contributed by atoms with E-state index in [1.807, 2.05) is 5.06 Å². The minimum atomic E-state index is -2.61. The zero-order valence-electron chi connectivity index (χ0n) is 21.5. The predicted octanol–water partition coefficient (Wildman–Crippen LogP) is 2.93. The van der Waals surface area contributed by atoms with Gasteiger partial charge in [-0.15, -0.1) is 0 Å². The summed E-state index contributed by atoms with van der Waals surface area (Å²) in [6, 6.07) is 21.5. The molecule has 0 bridgehead atoms. The summed E-state index contributed by atoms with van der Waals surface area (Å²) in [7, 11) is 0.636. The molecular weight excluding hydrogens is 462 g/mol. The lowest BCUT2D eigenvalue weighted by Crippen LogP contribution is -2.67. The van der Waals surface area contributed by atoms with Crippen LogP contribution in [0, 0.1) is 0 Å². The van der Waals surface area contributed by atoms with Gasteiger partial charge in [-0.1, -0.05) is 81.4 Å². The summed E-state index contributed by atoms with van der Waals surface area (Å²) >= 11 is 0. The number of fused-ring (bicyclic) bond motifs is 1. The first-order valence-corrected chi connectivity index (χ1v) is 14.2. The van der Waals surface area contributed by atoms with E-state index in [1.165, 1.54) is 10.4 Å². The molecule has 2 aromatic carbocycles. The van der Waals surface area contributed by atoms with Gasteiger partial charge < -0.3 is 23.4 Å². The molecule has 2 saturated heterocycles. The summed E-state index contributed by atoms with van der Waals surface area (Å²) in [4.78, 5) is 6.37. The molecule has 35 heavy (non-hydrogen) atoms. The van der Waals surface area contributed by atoms with Crippen LogP contribution < -0.4 is 10.4 Å². The minimum Gasteiger partial charge on any atom is -0.405 e. The van der Waals surface area contributed by atoms with Crippen LogP contribution in [0.25, 0.3) is 0 Å². The number of hydrogen-bond donors (Lipinski definition) is 0. The fourth-order valence-corrected chi connectivity index (χ4v) is 10.0. The zero-order valence-corrected chi connectivity index (χ0v) is 22.5. The van der Waals surface area contributed by atoms with Crippen LogP contribution in [0.4, 0.5) is 0 Å². The second-order valence-corrected chi connectivity index (χ2v) is 14.6. The van der Waals surface area contributed by atoms with E-state index in [2.05, 4.69) is 81.4 Å². The maximum Gasteiger partial charge on any atom is 0.261 e. The van der Waals surface area contributed by atoms with E-state index in [9.17, 15) is 0 Å². The number of ether oxygens (including phenoxy) is 4. The lowest BCUT2D eigenvalue weighted by Gasteiger charge is -2.43. The molecule has 7 nitrogen and oxygen atoms in total. The van der Waals surface area contributed by atoms with Gasteiger partial charge in [0, 0.05) is 14.2 Å². The van der Waals surface area contributed by atoms with E-state index < -0.39 is 8.32 Å². The summed E-state index contributed by atoms with van der Waals surface area (Å²) in [6.45, 7) is 8.44. The normalized spacial score (nSPS) is 25.2. The SMILES string of the molecule is COCO[C@@H]1[C@@H](OCOC)CN2O[C@H](CO[Si](c3ccccc3)(c3ccccc3)C(C)(C)C)C[C@@H]12. The Balaban J connectivity index is 1.54. The summed E-state index contributed by atoms with van der Waals surface area (Å²) < 4.78 is 29.2. The van der Waals surface area contributed by atoms with Crippen LogP contribution >= 0.6 is 0 Å². The molecule has 0 spiro atoms. The number of benzene rings is 2. The van der Waals surface area contributed by atoms with Crippen molar-refractivity contribution < 1.29 is 28.2 Å². The summed E-state index contributed by atoms with van der Waals surface area (Å²) in [5.41, 5.74) is 0. The van der Waals surface area contributed by atoms with E-state index in [0.29, 0.717) is 13.2 Å². The van der Waals surface area contributed by atoms with Gasteiger partial charge in [-0.3, -0.25) is 4.84 Å². The van der Waals surface area contributed by atoms with Crippen molar-refractivity contribution in [2.24, 2.45) is 0 Å². The van der Waals surface area contributed by atoms with Crippen molar-refractivity contribution in [3.63, 3.8) is 0 Å². The highest BCUT2D eigenvalue weighted by Crippen LogP contribution is 2.39. The fraction of sp³-hybridized carbons (Fsp3) is 0.556. The van der Waals surface area contributed by atoms with Crippen LogP contribution in [0.3, 0.4) is 0 Å². The summed E-state index contributed by atoms with van der Waals surface area (Å²) in [5.74, 6) is 0. The molecule has 2 heterocycles. The van der Waals surface area contributed by atoms with Crippen LogP contribution in [-0.4, -0.2) is 78.7 Å². The van der Waals surface area contributed by atoms with Crippen molar-refractivity contribution in [2.75, 3.05) is 41.0 Å². The number of rotatable bonds is 11. The van der Waals surface area contributed by atoms with Crippen LogP contribution in [0.2, 0.25) is 5.04 Å². The van der Waals surface area contributed by atoms with Crippen molar-refractivity contribution in [3.8, 4) is 0 Å². The molecule has 2 fully saturated rings. The second kappa shape index (κ2) is 11.6. The first kappa shape index (κ1) is 26.4. The van der Waals surface area contributed by atoms with Crippen molar-refractivity contribution in [2.45, 2.75) is 56.6 Å². The smallest absolute Gasteiger partial charge is 0.261 e. The maximum atomic E-state index is 7.09. The molecule has 0 amide bonds. The van der Waals surface area contributed by atoms with Crippen molar-refractivity contribution >= 4 is 18.7 Å². The molecule has 0 radical (unpaired) electrons. The number of methoxy groups -OCH3 is 2. The third-order valence-corrected chi connectivity index (χ3v) is 11.9. The van der Waals surface area contributed by atoms with E-state index >= 15 is 0 Å². The lowest BCUT2D eigenvalue weighted by molar-refractivity contribution is -0.166. The van der Waals surface area contributed by atoms with Gasteiger partial charge in [0.2, 0.25) is 0 Å². The average molecular weight is 502 g/mol. The van der Waals surface area contributed by atoms with Gasteiger partial charge in [0.15, 0.2) is 0 Å². The Hall–Kier alpha value is -1.62. The summed E-state index contributed by atoms with van der Waals surface area (Å²) in [5, 5.41) is 4.46. The quantitative estimate of drug-likeness (QED) is 0.347. The van der Waals surface area contributed by atoms with Gasteiger partial charge in [0.05, 0.1) is 19.2 Å². The van der Waals surface area contributed by atoms with Crippen LogP contribution in [0.15, 0.2) is 60.7 Å². The van der Waals surface area contributed by atoms with Crippen molar-refractivity contribution in [1.29, 1.82) is 0 Å². The topological polar surface area (TPSA) is 58.6 Å². The largest absolute Gasteiger partial charge is 0.405 e. The van der Waals surface area contributed by atoms with Gasteiger partial charge in [0.1, 0.15) is 31.9 Å². The van der Waals surface area contributed by atoms with Crippen LogP contribution in [0.1, 0.15) is 27.2 Å². The highest BCUT2D eigenvalue weighted by atomic mass is 28.4. The molecule has 0 unspecified atom stereocenters. The lowest BCUT2D eigenvalue weighted by atomic mass is 10.1. The average Bonchev–Trinajstić information content (AvgIpc) is 3.39. The minimum absolute atomic E-state index is 0.0568. The Morgan fingerprint density at radius 1 is 0.886 bits per heavy atom. The Kier molecular flexibility index (Phi) is 8.78. The highest BCUT2D eigenvalue weighted by Gasteiger charge is 2.53. The highest BCUT2D eigenvalue weighted by molar-refractivity contribution is 6.99. The Labute approximate surface area is 210 Å². The first-order chi connectivity index (χ1) is 16.9. The monoisotopic (exact) mass is 501 g/mol. The summed E-state index contributed by atoms with van der Waals surface area (Å²) in [6.07, 6.45) is 0.467. The number of hydrogen-bond acceptors (Lipinski definition) is 7. The molecule has 2 aliphatic rings. The third-order valence-electron chi connectivity index (χ3n) is 6.95. The zero-order chi connectivity index (χ0) is 24.9. The van der Waals surface area contributed by atoms with Gasteiger partial charge in [-0.25, -0.2) is 0 Å². The van der Waals surface area contributed by atoms with E-state index in [-0.39, 0.29) is 43.0 Å². The third kappa shape index (κ3) is 5.55. The molecule has 0 aliphatic carbocycles. The molecule has 0 saturated carbocycles. The van der Waals surface area contributed by atoms with Gasteiger partial charge >= 0.3 is 0 Å². The second-order valence-electron chi connectivity index (χ2n) is 10.3. The van der Waals surface area contributed by atoms with Crippen LogP contribution in [0.5, 0.6) is 0 Å².